The fourth-order valence-electron chi connectivity index (χ4n) is 0.995. The van der Waals surface area contributed by atoms with Crippen LogP contribution in [0.3, 0.4) is 0 Å². The first kappa shape index (κ1) is 12.6. The second-order valence-electron chi connectivity index (χ2n) is 3.00. The third-order valence-electron chi connectivity index (χ3n) is 1.58. The molecule has 86 valence electrons. The quantitative estimate of drug-likeness (QED) is 0.843. The summed E-state index contributed by atoms with van der Waals surface area (Å²) in [6, 6.07) is 3.84. The summed E-state index contributed by atoms with van der Waals surface area (Å²) in [6.45, 7) is -0.387. The van der Waals surface area contributed by atoms with Crippen LogP contribution in [0.5, 0.6) is 5.75 Å². The van der Waals surface area contributed by atoms with Gasteiger partial charge < -0.3 is 9.84 Å². The third kappa shape index (κ3) is 4.39. The molecule has 1 N–H and O–H groups in total. The number of aliphatic carboxylic acids is 1. The van der Waals surface area contributed by atoms with Gasteiger partial charge in [0.1, 0.15) is 24.6 Å². The number of ketones is 1. The maximum Gasteiger partial charge on any atom is 0.311 e. The number of carbonyl (C=O) groups excluding carboxylic acids is 1. The summed E-state index contributed by atoms with van der Waals surface area (Å²) in [5.41, 5.74) is 0. The van der Waals surface area contributed by atoms with Crippen molar-refractivity contribution in [3.63, 3.8) is 0 Å². The highest BCUT2D eigenvalue weighted by atomic mass is 79.9. The third-order valence-corrected chi connectivity index (χ3v) is 2.04. The Kier molecular flexibility index (Phi) is 4.42. The highest BCUT2D eigenvalue weighted by Gasteiger charge is 2.09. The predicted octanol–water partition coefficient (Wildman–Crippen LogP) is 2.01. The van der Waals surface area contributed by atoms with Crippen molar-refractivity contribution in [2.75, 3.05) is 6.61 Å². The van der Waals surface area contributed by atoms with Gasteiger partial charge in [-0.25, -0.2) is 4.39 Å². The number of Topliss-reactive ketones (excluding diaryl/α,β-unsaturated/α-hetero) is 1. The van der Waals surface area contributed by atoms with E-state index in [4.69, 9.17) is 9.84 Å². The zero-order chi connectivity index (χ0) is 12.1. The van der Waals surface area contributed by atoms with Crippen molar-refractivity contribution in [3.8, 4) is 5.75 Å². The van der Waals surface area contributed by atoms with Crippen LogP contribution in [0.2, 0.25) is 0 Å². The molecule has 0 unspecified atom stereocenters. The van der Waals surface area contributed by atoms with Crippen LogP contribution in [-0.4, -0.2) is 23.5 Å². The lowest BCUT2D eigenvalue weighted by atomic mass is 10.3. The van der Waals surface area contributed by atoms with Gasteiger partial charge in [0, 0.05) is 10.5 Å². The first-order valence-electron chi connectivity index (χ1n) is 4.30. The maximum atomic E-state index is 12.9. The number of benzene rings is 1. The summed E-state index contributed by atoms with van der Waals surface area (Å²) in [5, 5.41) is 8.33. The van der Waals surface area contributed by atoms with Crippen molar-refractivity contribution < 1.29 is 23.8 Å². The normalized spacial score (nSPS) is 9.88. The van der Waals surface area contributed by atoms with E-state index in [-0.39, 0.29) is 12.4 Å². The van der Waals surface area contributed by atoms with Gasteiger partial charge in [0.2, 0.25) is 0 Å². The molecular formula is C10H8BrFO4. The number of rotatable bonds is 5. The summed E-state index contributed by atoms with van der Waals surface area (Å²) < 4.78 is 18.3. The number of hydrogen-bond acceptors (Lipinski definition) is 3. The fourth-order valence-corrected chi connectivity index (χ4v) is 1.44. The van der Waals surface area contributed by atoms with Crippen molar-refractivity contribution in [1.29, 1.82) is 0 Å². The zero-order valence-corrected chi connectivity index (χ0v) is 9.66. The number of halogens is 2. The Bertz CT molecular complexity index is 399. The van der Waals surface area contributed by atoms with Gasteiger partial charge in [-0.3, -0.25) is 9.59 Å². The van der Waals surface area contributed by atoms with Crippen LogP contribution in [-0.2, 0) is 9.59 Å². The number of carbonyl (C=O) groups is 2. The molecule has 0 radical (unpaired) electrons. The van der Waals surface area contributed by atoms with Crippen molar-refractivity contribution in [1.82, 2.24) is 0 Å². The first-order valence-corrected chi connectivity index (χ1v) is 5.09. The standard InChI is InChI=1S/C10H8BrFO4/c11-6-1-7(12)3-9(2-6)16-5-8(13)4-10(14)15/h1-3H,4-5H2,(H,14,15). The molecule has 6 heteroatoms. The first-order chi connectivity index (χ1) is 7.47. The minimum Gasteiger partial charge on any atom is -0.486 e. The molecule has 16 heavy (non-hydrogen) atoms. The molecule has 0 aromatic heterocycles. The second kappa shape index (κ2) is 5.60. The van der Waals surface area contributed by atoms with Crippen LogP contribution in [0.15, 0.2) is 22.7 Å². The van der Waals surface area contributed by atoms with Gasteiger partial charge in [0.05, 0.1) is 0 Å². The molecule has 0 bridgehead atoms. The Hall–Kier alpha value is -1.43. The van der Waals surface area contributed by atoms with E-state index in [0.29, 0.717) is 4.47 Å². The lowest BCUT2D eigenvalue weighted by molar-refractivity contribution is -0.140. The monoisotopic (exact) mass is 290 g/mol. The highest BCUT2D eigenvalue weighted by molar-refractivity contribution is 9.10. The van der Waals surface area contributed by atoms with Gasteiger partial charge in [0.25, 0.3) is 0 Å². The predicted molar refractivity (Wildman–Crippen MR) is 56.9 cm³/mol. The van der Waals surface area contributed by atoms with E-state index < -0.39 is 24.0 Å². The smallest absolute Gasteiger partial charge is 0.311 e. The lowest BCUT2D eigenvalue weighted by Gasteiger charge is -2.05. The topological polar surface area (TPSA) is 63.6 Å². The fraction of sp³-hybridized carbons (Fsp3) is 0.200. The van der Waals surface area contributed by atoms with Gasteiger partial charge >= 0.3 is 5.97 Å². The molecule has 4 nitrogen and oxygen atoms in total. The van der Waals surface area contributed by atoms with E-state index in [2.05, 4.69) is 15.9 Å². The van der Waals surface area contributed by atoms with Crippen molar-refractivity contribution in [2.24, 2.45) is 0 Å². The lowest BCUT2D eigenvalue weighted by Crippen LogP contribution is -2.15. The number of ether oxygens (including phenoxy) is 1. The van der Waals surface area contributed by atoms with Crippen molar-refractivity contribution >= 4 is 27.7 Å². The molecule has 0 amide bonds. The van der Waals surface area contributed by atoms with Crippen molar-refractivity contribution in [3.05, 3.63) is 28.5 Å². The van der Waals surface area contributed by atoms with Crippen LogP contribution in [0.25, 0.3) is 0 Å². The summed E-state index contributed by atoms with van der Waals surface area (Å²) in [5.74, 6) is -2.12. The molecule has 0 aliphatic rings. The van der Waals surface area contributed by atoms with E-state index in [9.17, 15) is 14.0 Å². The molecule has 0 aliphatic carbocycles. The Morgan fingerprint density at radius 2 is 2.06 bits per heavy atom. The van der Waals surface area contributed by atoms with Crippen LogP contribution >= 0.6 is 15.9 Å². The largest absolute Gasteiger partial charge is 0.486 e. The minimum absolute atomic E-state index is 0.172. The Labute approximate surface area is 99.2 Å². The summed E-state index contributed by atoms with van der Waals surface area (Å²) >= 11 is 3.06. The van der Waals surface area contributed by atoms with Crippen LogP contribution in [0.1, 0.15) is 6.42 Å². The van der Waals surface area contributed by atoms with Gasteiger partial charge in [0.15, 0.2) is 5.78 Å². The SMILES string of the molecule is O=C(O)CC(=O)COc1cc(F)cc(Br)c1. The second-order valence-corrected chi connectivity index (χ2v) is 3.92. The van der Waals surface area contributed by atoms with E-state index in [1.54, 1.807) is 0 Å². The van der Waals surface area contributed by atoms with Crippen molar-refractivity contribution in [2.45, 2.75) is 6.42 Å². The number of hydrogen-bond donors (Lipinski definition) is 1. The average Bonchev–Trinajstić information content (AvgIpc) is 2.12. The summed E-state index contributed by atoms with van der Waals surface area (Å²) in [7, 11) is 0. The molecule has 1 aromatic carbocycles. The number of carboxylic acid groups (broad SMARTS) is 1. The van der Waals surface area contributed by atoms with E-state index in [1.165, 1.54) is 12.1 Å². The van der Waals surface area contributed by atoms with Gasteiger partial charge in [-0.05, 0) is 12.1 Å². The molecule has 0 atom stereocenters. The van der Waals surface area contributed by atoms with E-state index >= 15 is 0 Å². The molecular weight excluding hydrogens is 283 g/mol. The highest BCUT2D eigenvalue weighted by Crippen LogP contribution is 2.20. The molecule has 1 aromatic rings. The molecule has 0 fully saturated rings. The molecule has 0 saturated carbocycles. The zero-order valence-electron chi connectivity index (χ0n) is 8.07. The number of carboxylic acids is 1. The van der Waals surface area contributed by atoms with Gasteiger partial charge in [-0.2, -0.15) is 0 Å². The minimum atomic E-state index is -1.21. The molecule has 0 heterocycles. The van der Waals surface area contributed by atoms with Crippen LogP contribution < -0.4 is 4.74 Å². The molecule has 1 rings (SSSR count). The molecule has 0 saturated heterocycles. The average molecular weight is 291 g/mol. The van der Waals surface area contributed by atoms with Crippen LogP contribution in [0.4, 0.5) is 4.39 Å². The molecule has 0 spiro atoms. The van der Waals surface area contributed by atoms with E-state index in [0.717, 1.165) is 6.07 Å². The van der Waals surface area contributed by atoms with E-state index in [1.807, 2.05) is 0 Å². The van der Waals surface area contributed by atoms with Gasteiger partial charge in [-0.15, -0.1) is 0 Å². The Balaban J connectivity index is 2.54. The molecule has 0 aliphatic heterocycles. The Morgan fingerprint density at radius 1 is 1.38 bits per heavy atom. The van der Waals surface area contributed by atoms with Gasteiger partial charge in [-0.1, -0.05) is 15.9 Å². The maximum absolute atomic E-state index is 12.9. The Morgan fingerprint density at radius 3 is 2.62 bits per heavy atom. The van der Waals surface area contributed by atoms with Crippen LogP contribution in [0, 0.1) is 5.82 Å². The summed E-state index contributed by atoms with van der Waals surface area (Å²) in [6.07, 6.45) is -0.601. The summed E-state index contributed by atoms with van der Waals surface area (Å²) in [4.78, 5) is 21.2.